The molecule has 3 N–H and O–H groups in total. The number of esters is 2. The van der Waals surface area contributed by atoms with Crippen LogP contribution in [-0.2, 0) is 51.8 Å². The minimum atomic E-state index is -1.20. The van der Waals surface area contributed by atoms with Gasteiger partial charge in [0.05, 0.1) is 33.2 Å². The van der Waals surface area contributed by atoms with Crippen molar-refractivity contribution >= 4 is 29.8 Å². The molecule has 260 valence electrons. The lowest BCUT2D eigenvalue weighted by Crippen LogP contribution is -2.27. The maximum Gasteiger partial charge on any atom is 0.337 e. The van der Waals surface area contributed by atoms with Gasteiger partial charge in [-0.3, -0.25) is 14.6 Å². The topological polar surface area (TPSA) is 214 Å². The number of hydrogen-bond acceptors (Lipinski definition) is 12. The van der Waals surface area contributed by atoms with Gasteiger partial charge in [0.15, 0.2) is 0 Å². The number of carbonyl (C=O) groups is 5. The Bertz CT molecular complexity index is 1360. The van der Waals surface area contributed by atoms with Gasteiger partial charge in [-0.25, -0.2) is 33.9 Å². The fourth-order valence-corrected chi connectivity index (χ4v) is 3.14. The van der Waals surface area contributed by atoms with E-state index >= 15 is 0 Å². The van der Waals surface area contributed by atoms with Gasteiger partial charge in [-0.05, 0) is 76.4 Å². The lowest BCUT2D eigenvalue weighted by molar-refractivity contribution is -0.308. The van der Waals surface area contributed by atoms with Crippen LogP contribution >= 0.6 is 0 Å². The second kappa shape index (κ2) is 19.9. The molecule has 0 unspecified atom stereocenters. The van der Waals surface area contributed by atoms with E-state index in [9.17, 15) is 24.0 Å². The first kappa shape index (κ1) is 40.6. The Kier molecular flexibility index (Phi) is 17.2. The summed E-state index contributed by atoms with van der Waals surface area (Å²) in [5.41, 5.74) is -0.749. The molecule has 0 radical (unpaired) electrons. The Morgan fingerprint density at radius 2 is 1.17 bits per heavy atom. The van der Waals surface area contributed by atoms with E-state index in [-0.39, 0.29) is 79.5 Å². The number of carboxylic acid groups (broad SMARTS) is 3. The number of nitrogens with zero attached hydrogens (tertiary/aromatic N) is 1. The summed E-state index contributed by atoms with van der Waals surface area (Å²) in [7, 11) is 0. The van der Waals surface area contributed by atoms with Crippen molar-refractivity contribution in [2.24, 2.45) is 10.8 Å². The molecule has 0 fully saturated rings. The number of hydrogen-bond donors (Lipinski definition) is 3. The van der Waals surface area contributed by atoms with Gasteiger partial charge in [0.2, 0.25) is 0 Å². The molecule has 0 atom stereocenters. The van der Waals surface area contributed by atoms with E-state index in [0.29, 0.717) is 12.8 Å². The highest BCUT2D eigenvalue weighted by atomic mass is 17.2. The van der Waals surface area contributed by atoms with Crippen molar-refractivity contribution < 1.29 is 68.3 Å². The number of pyridine rings is 1. The largest absolute Gasteiger partial charge is 0.478 e. The third-order valence-electron chi connectivity index (χ3n) is 6.95. The van der Waals surface area contributed by atoms with E-state index in [1.54, 1.807) is 27.7 Å². The van der Waals surface area contributed by atoms with Crippen LogP contribution in [-0.4, -0.2) is 76.6 Å². The zero-order valence-corrected chi connectivity index (χ0v) is 27.4. The summed E-state index contributed by atoms with van der Waals surface area (Å²) in [6.45, 7) is 10.7. The van der Waals surface area contributed by atoms with Crippen molar-refractivity contribution in [1.82, 2.24) is 4.98 Å². The normalized spacial score (nSPS) is 11.2. The number of aromatic carboxylic acids is 3. The maximum atomic E-state index is 11.7. The molecule has 1 heterocycles. The Morgan fingerprint density at radius 1 is 0.660 bits per heavy atom. The van der Waals surface area contributed by atoms with Crippen LogP contribution in [0.5, 0.6) is 0 Å². The summed E-state index contributed by atoms with van der Waals surface area (Å²) < 4.78 is 10.1. The number of carboxylic acids is 3. The Balaban J connectivity index is 0.000000474. The van der Waals surface area contributed by atoms with Crippen molar-refractivity contribution in [3.05, 3.63) is 64.5 Å². The third kappa shape index (κ3) is 14.2. The van der Waals surface area contributed by atoms with E-state index in [1.807, 2.05) is 13.8 Å². The minimum absolute atomic E-state index is 0.0107. The predicted molar refractivity (Wildman–Crippen MR) is 163 cm³/mol. The Labute approximate surface area is 272 Å². The van der Waals surface area contributed by atoms with Gasteiger partial charge in [0.1, 0.15) is 39.6 Å². The summed E-state index contributed by atoms with van der Waals surface area (Å²) in [6, 6.07) is 6.56. The second-order valence-corrected chi connectivity index (χ2v) is 11.2. The van der Waals surface area contributed by atoms with Crippen LogP contribution in [0.25, 0.3) is 0 Å². The first-order chi connectivity index (χ1) is 22.1. The average Bonchev–Trinajstić information content (AvgIpc) is 3.04. The molecule has 1 aromatic heterocycles. The van der Waals surface area contributed by atoms with Crippen molar-refractivity contribution in [1.29, 1.82) is 0 Å². The van der Waals surface area contributed by atoms with Gasteiger partial charge >= 0.3 is 29.8 Å². The van der Waals surface area contributed by atoms with Crippen molar-refractivity contribution in [2.45, 2.75) is 67.6 Å². The molecule has 2 aromatic rings. The zero-order chi connectivity index (χ0) is 35.6. The summed E-state index contributed by atoms with van der Waals surface area (Å²) >= 11 is 0. The molecule has 0 saturated heterocycles. The molecule has 15 heteroatoms. The molecule has 0 bridgehead atoms. The van der Waals surface area contributed by atoms with Crippen LogP contribution in [0.1, 0.15) is 96.7 Å². The maximum absolute atomic E-state index is 11.7. The Hall–Kier alpha value is -4.44. The SMILES string of the molecule is CCC(C)(C)C(=O)OCCOOCc1cc(C(=O)O)ccc1C(=O)O.CCC(C)(C)C(=O)OCCOOCc1ncccc1C(=O)O. The van der Waals surface area contributed by atoms with Crippen LogP contribution in [0.15, 0.2) is 36.5 Å². The van der Waals surface area contributed by atoms with E-state index in [4.69, 9.17) is 44.3 Å². The zero-order valence-electron chi connectivity index (χ0n) is 27.4. The lowest BCUT2D eigenvalue weighted by Gasteiger charge is -2.20. The quantitative estimate of drug-likeness (QED) is 0.0801. The van der Waals surface area contributed by atoms with Gasteiger partial charge in [-0.1, -0.05) is 13.8 Å². The number of carbonyl (C=O) groups excluding carboxylic acids is 2. The van der Waals surface area contributed by atoms with Gasteiger partial charge in [0.25, 0.3) is 0 Å². The molecule has 0 aliphatic carbocycles. The molecule has 47 heavy (non-hydrogen) atoms. The van der Waals surface area contributed by atoms with Crippen LogP contribution in [0.3, 0.4) is 0 Å². The van der Waals surface area contributed by atoms with Crippen molar-refractivity contribution in [2.75, 3.05) is 26.4 Å². The summed E-state index contributed by atoms with van der Waals surface area (Å²) in [5, 5.41) is 27.0. The van der Waals surface area contributed by atoms with Gasteiger partial charge < -0.3 is 24.8 Å². The fraction of sp³-hybridized carbons (Fsp3) is 0.500. The molecular weight excluding hydrogens is 622 g/mol. The van der Waals surface area contributed by atoms with Crippen LogP contribution in [0.4, 0.5) is 0 Å². The molecular formula is C32H43NO14. The highest BCUT2D eigenvalue weighted by Gasteiger charge is 2.27. The molecule has 0 aliphatic heterocycles. The van der Waals surface area contributed by atoms with E-state index < -0.39 is 28.7 Å². The standard InChI is InChI=1S/C17H22O8.C15H21NO6/c1-4-17(2,3)16(22)23-7-8-24-25-10-12-9-11(14(18)19)5-6-13(12)15(20)21;1-4-15(2,3)14(19)20-8-9-21-22-10-12-11(13(17)18)6-5-7-16-12/h5-6,9H,4,7-8,10H2,1-3H3,(H,18,19)(H,20,21);5-7H,4,8-10H2,1-3H3,(H,17,18). The molecule has 15 nitrogen and oxygen atoms in total. The van der Waals surface area contributed by atoms with E-state index in [1.165, 1.54) is 36.5 Å². The first-order valence-corrected chi connectivity index (χ1v) is 14.7. The predicted octanol–water partition coefficient (Wildman–Crippen LogP) is 4.72. The number of ether oxygens (including phenoxy) is 2. The van der Waals surface area contributed by atoms with Gasteiger partial charge in [0, 0.05) is 6.20 Å². The van der Waals surface area contributed by atoms with E-state index in [2.05, 4.69) is 4.98 Å². The molecule has 1 aromatic carbocycles. The highest BCUT2D eigenvalue weighted by molar-refractivity contribution is 5.93. The lowest BCUT2D eigenvalue weighted by atomic mass is 9.91. The monoisotopic (exact) mass is 665 g/mol. The smallest absolute Gasteiger partial charge is 0.337 e. The molecule has 0 spiro atoms. The molecule has 0 saturated carbocycles. The van der Waals surface area contributed by atoms with Crippen molar-refractivity contribution in [3.8, 4) is 0 Å². The second-order valence-electron chi connectivity index (χ2n) is 11.2. The highest BCUT2D eigenvalue weighted by Crippen LogP contribution is 2.22. The molecule has 0 amide bonds. The van der Waals surface area contributed by atoms with Crippen LogP contribution in [0.2, 0.25) is 0 Å². The number of rotatable bonds is 19. The third-order valence-corrected chi connectivity index (χ3v) is 6.95. The van der Waals surface area contributed by atoms with Gasteiger partial charge in [-0.15, -0.1) is 0 Å². The number of benzene rings is 1. The summed E-state index contributed by atoms with van der Waals surface area (Å²) in [5.74, 6) is -4.10. The van der Waals surface area contributed by atoms with Crippen LogP contribution in [0, 0.1) is 10.8 Å². The minimum Gasteiger partial charge on any atom is -0.478 e. The molecule has 0 aliphatic rings. The summed E-state index contributed by atoms with van der Waals surface area (Å²) in [6.07, 6.45) is 2.79. The van der Waals surface area contributed by atoms with Crippen LogP contribution < -0.4 is 0 Å². The average molecular weight is 666 g/mol. The van der Waals surface area contributed by atoms with Crippen molar-refractivity contribution in [3.63, 3.8) is 0 Å². The molecule has 2 rings (SSSR count). The Morgan fingerprint density at radius 3 is 1.64 bits per heavy atom. The first-order valence-electron chi connectivity index (χ1n) is 14.7. The summed E-state index contributed by atoms with van der Waals surface area (Å²) in [4.78, 5) is 79.9. The fourth-order valence-electron chi connectivity index (χ4n) is 3.14. The van der Waals surface area contributed by atoms with Gasteiger partial charge in [-0.2, -0.15) is 0 Å². The number of aromatic nitrogens is 1. The van der Waals surface area contributed by atoms with E-state index in [0.717, 1.165) is 0 Å².